The molecule has 3 unspecified atom stereocenters. The Morgan fingerprint density at radius 1 is 1.17 bits per heavy atom. The molecular weight excluding hydrogens is 220 g/mol. The Bertz CT molecular complexity index is 420. The molecule has 18 heavy (non-hydrogen) atoms. The summed E-state index contributed by atoms with van der Waals surface area (Å²) in [5.41, 5.74) is 4.25. The number of nitrogens with zero attached hydrogens (tertiary/aromatic N) is 1. The van der Waals surface area contributed by atoms with Crippen molar-refractivity contribution < 1.29 is 0 Å². The van der Waals surface area contributed by atoms with E-state index in [1.54, 1.807) is 0 Å². The third-order valence-corrected chi connectivity index (χ3v) is 4.72. The van der Waals surface area contributed by atoms with Crippen molar-refractivity contribution in [1.29, 1.82) is 0 Å². The normalized spacial score (nSPS) is 31.8. The molecule has 0 spiro atoms. The van der Waals surface area contributed by atoms with Crippen LogP contribution >= 0.6 is 0 Å². The Hall–Kier alpha value is -0.860. The first-order chi connectivity index (χ1) is 8.63. The van der Waals surface area contributed by atoms with E-state index in [2.05, 4.69) is 49.2 Å². The van der Waals surface area contributed by atoms with Gasteiger partial charge in [0, 0.05) is 19.1 Å². The van der Waals surface area contributed by atoms with Crippen LogP contribution in [0.25, 0.3) is 0 Å². The van der Waals surface area contributed by atoms with Crippen LogP contribution in [0.4, 0.5) is 0 Å². The number of hydrogen-bond donors (Lipinski definition) is 1. The van der Waals surface area contributed by atoms with Crippen LogP contribution in [0.5, 0.6) is 0 Å². The number of fused-ring (bicyclic) bond motifs is 1. The molecule has 2 heteroatoms. The van der Waals surface area contributed by atoms with Gasteiger partial charge in [-0.15, -0.1) is 0 Å². The van der Waals surface area contributed by atoms with E-state index in [4.69, 9.17) is 0 Å². The Morgan fingerprint density at radius 2 is 1.89 bits per heavy atom. The molecular formula is C16H24N2. The van der Waals surface area contributed by atoms with Gasteiger partial charge in [-0.05, 0) is 51.3 Å². The summed E-state index contributed by atoms with van der Waals surface area (Å²) in [7, 11) is 0. The molecule has 3 rings (SSSR count). The second kappa shape index (κ2) is 4.67. The Balaban J connectivity index is 1.73. The second-order valence-electron chi connectivity index (χ2n) is 6.25. The topological polar surface area (TPSA) is 15.3 Å². The molecule has 0 amide bonds. The van der Waals surface area contributed by atoms with E-state index in [-0.39, 0.29) is 0 Å². The van der Waals surface area contributed by atoms with E-state index < -0.39 is 0 Å². The summed E-state index contributed by atoms with van der Waals surface area (Å²) in [5, 5.41) is 3.53. The maximum Gasteiger partial charge on any atom is 0.0237 e. The third kappa shape index (κ3) is 2.19. The lowest BCUT2D eigenvalue weighted by Gasteiger charge is -2.24. The van der Waals surface area contributed by atoms with E-state index in [9.17, 15) is 0 Å². The molecule has 2 fully saturated rings. The zero-order chi connectivity index (χ0) is 12.7. The number of hydrogen-bond acceptors (Lipinski definition) is 2. The molecule has 0 bridgehead atoms. The maximum absolute atomic E-state index is 3.53. The smallest absolute Gasteiger partial charge is 0.0237 e. The van der Waals surface area contributed by atoms with Crippen LogP contribution in [0, 0.1) is 25.7 Å². The van der Waals surface area contributed by atoms with Crippen LogP contribution < -0.4 is 5.32 Å². The van der Waals surface area contributed by atoms with E-state index in [0.717, 1.165) is 24.4 Å². The molecule has 0 radical (unpaired) electrons. The molecule has 2 aliphatic heterocycles. The predicted octanol–water partition coefficient (Wildman–Crippen LogP) is 2.34. The van der Waals surface area contributed by atoms with Crippen LogP contribution in [0.2, 0.25) is 0 Å². The summed E-state index contributed by atoms with van der Waals surface area (Å²) in [6.07, 6.45) is 0. The highest BCUT2D eigenvalue weighted by Gasteiger charge is 2.41. The molecule has 2 saturated heterocycles. The quantitative estimate of drug-likeness (QED) is 0.859. The van der Waals surface area contributed by atoms with Crippen molar-refractivity contribution in [2.24, 2.45) is 11.8 Å². The van der Waals surface area contributed by atoms with Crippen LogP contribution in [0.1, 0.15) is 23.6 Å². The zero-order valence-electron chi connectivity index (χ0n) is 11.7. The Labute approximate surface area is 110 Å². The van der Waals surface area contributed by atoms with Crippen molar-refractivity contribution in [3.8, 4) is 0 Å². The molecule has 1 N–H and O–H groups in total. The Kier molecular flexibility index (Phi) is 3.16. The average Bonchev–Trinajstić information content (AvgIpc) is 2.83. The molecule has 2 aliphatic rings. The zero-order valence-corrected chi connectivity index (χ0v) is 11.7. The van der Waals surface area contributed by atoms with Crippen LogP contribution in [-0.2, 0) is 6.54 Å². The van der Waals surface area contributed by atoms with Gasteiger partial charge in [0.1, 0.15) is 0 Å². The van der Waals surface area contributed by atoms with Crippen molar-refractivity contribution in [2.45, 2.75) is 33.4 Å². The van der Waals surface area contributed by atoms with Gasteiger partial charge >= 0.3 is 0 Å². The Morgan fingerprint density at radius 3 is 2.56 bits per heavy atom. The highest BCUT2D eigenvalue weighted by molar-refractivity contribution is 5.28. The third-order valence-electron chi connectivity index (χ3n) is 4.72. The monoisotopic (exact) mass is 244 g/mol. The van der Waals surface area contributed by atoms with Gasteiger partial charge < -0.3 is 5.32 Å². The molecule has 0 saturated carbocycles. The highest BCUT2D eigenvalue weighted by Crippen LogP contribution is 2.33. The fraction of sp³-hybridized carbons (Fsp3) is 0.625. The van der Waals surface area contributed by atoms with Crippen LogP contribution in [0.3, 0.4) is 0 Å². The lowest BCUT2D eigenvalue weighted by molar-refractivity contribution is 0.231. The second-order valence-corrected chi connectivity index (χ2v) is 6.25. The summed E-state index contributed by atoms with van der Waals surface area (Å²) >= 11 is 0. The number of likely N-dealkylation sites (tertiary alicyclic amines) is 1. The molecule has 1 aromatic carbocycles. The van der Waals surface area contributed by atoms with Crippen LogP contribution in [0.15, 0.2) is 18.2 Å². The lowest BCUT2D eigenvalue weighted by Crippen LogP contribution is -2.32. The molecule has 0 aliphatic carbocycles. The number of nitrogens with one attached hydrogen (secondary N) is 1. The summed E-state index contributed by atoms with van der Waals surface area (Å²) in [6.45, 7) is 11.6. The minimum absolute atomic E-state index is 0.728. The number of rotatable bonds is 2. The number of benzene rings is 1. The summed E-state index contributed by atoms with van der Waals surface area (Å²) in [5.74, 6) is 1.75. The first-order valence-electron chi connectivity index (χ1n) is 7.15. The minimum Gasteiger partial charge on any atom is -0.316 e. The van der Waals surface area contributed by atoms with Crippen molar-refractivity contribution in [1.82, 2.24) is 10.2 Å². The van der Waals surface area contributed by atoms with Crippen molar-refractivity contribution in [2.75, 3.05) is 19.6 Å². The van der Waals surface area contributed by atoms with Gasteiger partial charge in [-0.3, -0.25) is 4.90 Å². The highest BCUT2D eigenvalue weighted by atomic mass is 15.2. The largest absolute Gasteiger partial charge is 0.316 e. The predicted molar refractivity (Wildman–Crippen MR) is 75.6 cm³/mol. The van der Waals surface area contributed by atoms with E-state index in [1.807, 2.05) is 0 Å². The van der Waals surface area contributed by atoms with Crippen molar-refractivity contribution in [3.05, 3.63) is 34.9 Å². The minimum atomic E-state index is 0.728. The van der Waals surface area contributed by atoms with Crippen molar-refractivity contribution in [3.63, 3.8) is 0 Å². The molecule has 98 valence electrons. The van der Waals surface area contributed by atoms with Gasteiger partial charge in [0.05, 0.1) is 0 Å². The average molecular weight is 244 g/mol. The molecule has 3 atom stereocenters. The maximum atomic E-state index is 3.53. The van der Waals surface area contributed by atoms with E-state index >= 15 is 0 Å². The summed E-state index contributed by atoms with van der Waals surface area (Å²) in [6, 6.07) is 7.67. The summed E-state index contributed by atoms with van der Waals surface area (Å²) < 4.78 is 0. The summed E-state index contributed by atoms with van der Waals surface area (Å²) in [4.78, 5) is 2.67. The van der Waals surface area contributed by atoms with Gasteiger partial charge in [-0.25, -0.2) is 0 Å². The lowest BCUT2D eigenvalue weighted by atomic mass is 9.95. The van der Waals surface area contributed by atoms with Gasteiger partial charge in [-0.1, -0.05) is 29.3 Å². The molecule has 0 aromatic heterocycles. The molecule has 2 heterocycles. The van der Waals surface area contributed by atoms with Gasteiger partial charge in [0.2, 0.25) is 0 Å². The fourth-order valence-electron chi connectivity index (χ4n) is 3.86. The first-order valence-corrected chi connectivity index (χ1v) is 7.15. The molecule has 2 nitrogen and oxygen atoms in total. The SMILES string of the molecule is Cc1cc(C)cc(CN2CC3CNCC3C2C)c1. The van der Waals surface area contributed by atoms with Crippen molar-refractivity contribution >= 4 is 0 Å². The van der Waals surface area contributed by atoms with Gasteiger partial charge in [-0.2, -0.15) is 0 Å². The van der Waals surface area contributed by atoms with E-state index in [1.165, 1.54) is 36.3 Å². The number of aryl methyl sites for hydroxylation is 2. The standard InChI is InChI=1S/C16H24N2/c1-11-4-12(2)6-14(5-11)9-18-10-15-7-17-8-16(15)13(18)3/h4-6,13,15-17H,7-10H2,1-3H3. The first kappa shape index (κ1) is 12.2. The van der Waals surface area contributed by atoms with Crippen LogP contribution in [-0.4, -0.2) is 30.6 Å². The van der Waals surface area contributed by atoms with E-state index in [0.29, 0.717) is 0 Å². The molecule has 1 aromatic rings. The fourth-order valence-corrected chi connectivity index (χ4v) is 3.86. The van der Waals surface area contributed by atoms with Gasteiger partial charge in [0.25, 0.3) is 0 Å². The van der Waals surface area contributed by atoms with Gasteiger partial charge in [0.15, 0.2) is 0 Å².